The molecule has 1 atom stereocenters. The van der Waals surface area contributed by atoms with Crippen molar-refractivity contribution in [1.29, 1.82) is 0 Å². The molecule has 2 nitrogen and oxygen atoms in total. The average Bonchev–Trinajstić information content (AvgIpc) is 2.34. The molecule has 1 aromatic carbocycles. The van der Waals surface area contributed by atoms with Crippen molar-refractivity contribution in [3.8, 4) is 0 Å². The van der Waals surface area contributed by atoms with Crippen LogP contribution in [0.25, 0.3) is 0 Å². The Morgan fingerprint density at radius 1 is 1.28 bits per heavy atom. The first-order valence-corrected chi connectivity index (χ1v) is 5.18. The van der Waals surface area contributed by atoms with Gasteiger partial charge >= 0.3 is 6.18 Å². The zero-order chi connectivity index (χ0) is 13.6. The number of alkyl halides is 4. The van der Waals surface area contributed by atoms with Crippen LogP contribution in [0.5, 0.6) is 0 Å². The van der Waals surface area contributed by atoms with Crippen molar-refractivity contribution in [2.24, 2.45) is 0 Å². The number of rotatable bonds is 6. The fraction of sp³-hybridized carbons (Fsp3) is 0.333. The molecule has 0 aliphatic heterocycles. The normalized spacial score (nSPS) is 13.1. The van der Waals surface area contributed by atoms with Gasteiger partial charge in [-0.2, -0.15) is 13.2 Å². The second kappa shape index (κ2) is 6.39. The Morgan fingerprint density at radius 3 is 2.39 bits per heavy atom. The minimum atomic E-state index is -5.00. The van der Waals surface area contributed by atoms with E-state index in [0.717, 1.165) is 0 Å². The molecule has 0 radical (unpaired) electrons. The zero-order valence-corrected chi connectivity index (χ0v) is 9.53. The van der Waals surface area contributed by atoms with E-state index in [-0.39, 0.29) is 6.54 Å². The predicted octanol–water partition coefficient (Wildman–Crippen LogP) is 3.51. The van der Waals surface area contributed by atoms with Crippen LogP contribution in [0.15, 0.2) is 43.0 Å². The second-order valence-corrected chi connectivity index (χ2v) is 3.50. The Kier molecular flexibility index (Phi) is 5.15. The van der Waals surface area contributed by atoms with E-state index in [2.05, 4.69) is 11.3 Å². The predicted molar refractivity (Wildman–Crippen MR) is 60.9 cm³/mol. The molecule has 1 rings (SSSR count). The molecule has 0 aliphatic carbocycles. The van der Waals surface area contributed by atoms with Gasteiger partial charge in [0.25, 0.3) is 6.36 Å². The van der Waals surface area contributed by atoms with Crippen LogP contribution in [0.2, 0.25) is 0 Å². The van der Waals surface area contributed by atoms with Gasteiger partial charge in [0.05, 0.1) is 0 Å². The third-order valence-electron chi connectivity index (χ3n) is 2.10. The van der Waals surface area contributed by atoms with E-state index in [4.69, 9.17) is 0 Å². The van der Waals surface area contributed by atoms with Gasteiger partial charge in [-0.25, -0.2) is 4.39 Å². The zero-order valence-electron chi connectivity index (χ0n) is 9.53. The lowest BCUT2D eigenvalue weighted by atomic mass is 10.3. The van der Waals surface area contributed by atoms with Gasteiger partial charge in [-0.15, -0.1) is 6.58 Å². The molecule has 100 valence electrons. The summed E-state index contributed by atoms with van der Waals surface area (Å²) in [5.41, 5.74) is 0.631. The number of para-hydroxylation sites is 1. The minimum absolute atomic E-state index is 0.259. The minimum Gasteiger partial charge on any atom is -0.345 e. The van der Waals surface area contributed by atoms with Crippen LogP contribution in [-0.2, 0) is 4.74 Å². The molecular formula is C12H13F4NO. The number of halogens is 4. The van der Waals surface area contributed by atoms with Gasteiger partial charge < -0.3 is 9.64 Å². The molecule has 0 amide bonds. The fourth-order valence-electron chi connectivity index (χ4n) is 1.28. The Balaban J connectivity index is 2.62. The van der Waals surface area contributed by atoms with E-state index in [1.807, 2.05) is 0 Å². The van der Waals surface area contributed by atoms with E-state index in [9.17, 15) is 17.6 Å². The average molecular weight is 263 g/mol. The van der Waals surface area contributed by atoms with E-state index >= 15 is 0 Å². The molecule has 1 unspecified atom stereocenters. The van der Waals surface area contributed by atoms with Crippen molar-refractivity contribution in [3.63, 3.8) is 0 Å². The monoisotopic (exact) mass is 263 g/mol. The fourth-order valence-corrected chi connectivity index (χ4v) is 1.28. The summed E-state index contributed by atoms with van der Waals surface area (Å²) in [6, 6.07) is 8.59. The molecule has 0 aromatic heterocycles. The van der Waals surface area contributed by atoms with Gasteiger partial charge in [0.1, 0.15) is 6.73 Å². The summed E-state index contributed by atoms with van der Waals surface area (Å²) >= 11 is 0. The highest BCUT2D eigenvalue weighted by atomic mass is 19.4. The lowest BCUT2D eigenvalue weighted by molar-refractivity contribution is -0.264. The first-order chi connectivity index (χ1) is 8.45. The van der Waals surface area contributed by atoms with Crippen LogP contribution in [0.4, 0.5) is 23.2 Å². The lowest BCUT2D eigenvalue weighted by Crippen LogP contribution is -2.34. The SMILES string of the molecule is C=CCN(COC(F)C(F)(F)F)c1ccccc1. The van der Waals surface area contributed by atoms with E-state index in [0.29, 0.717) is 5.69 Å². The number of anilines is 1. The van der Waals surface area contributed by atoms with Gasteiger partial charge in [0.15, 0.2) is 0 Å². The smallest absolute Gasteiger partial charge is 0.345 e. The highest BCUT2D eigenvalue weighted by molar-refractivity contribution is 5.46. The quantitative estimate of drug-likeness (QED) is 0.442. The van der Waals surface area contributed by atoms with Crippen molar-refractivity contribution in [3.05, 3.63) is 43.0 Å². The maximum absolute atomic E-state index is 12.6. The van der Waals surface area contributed by atoms with Crippen LogP contribution in [0, 0.1) is 0 Å². The molecule has 0 heterocycles. The molecule has 18 heavy (non-hydrogen) atoms. The molecule has 0 N–H and O–H groups in total. The number of nitrogens with zero attached hydrogens (tertiary/aromatic N) is 1. The summed E-state index contributed by atoms with van der Waals surface area (Å²) in [4.78, 5) is 1.44. The number of hydrogen-bond acceptors (Lipinski definition) is 2. The Morgan fingerprint density at radius 2 is 1.89 bits per heavy atom. The van der Waals surface area contributed by atoms with Crippen LogP contribution < -0.4 is 4.90 Å². The van der Waals surface area contributed by atoms with Gasteiger partial charge in [-0.3, -0.25) is 0 Å². The molecule has 0 fully saturated rings. The van der Waals surface area contributed by atoms with Gasteiger partial charge in [0, 0.05) is 12.2 Å². The van der Waals surface area contributed by atoms with E-state index in [1.165, 1.54) is 11.0 Å². The molecular weight excluding hydrogens is 250 g/mol. The van der Waals surface area contributed by atoms with Gasteiger partial charge in [-0.1, -0.05) is 24.3 Å². The van der Waals surface area contributed by atoms with E-state index in [1.54, 1.807) is 30.3 Å². The molecule has 0 aliphatic rings. The maximum Gasteiger partial charge on any atom is 0.445 e. The van der Waals surface area contributed by atoms with Gasteiger partial charge in [-0.05, 0) is 12.1 Å². The van der Waals surface area contributed by atoms with Crippen LogP contribution in [0.1, 0.15) is 0 Å². The van der Waals surface area contributed by atoms with Crippen molar-refractivity contribution >= 4 is 5.69 Å². The second-order valence-electron chi connectivity index (χ2n) is 3.50. The number of hydrogen-bond donors (Lipinski definition) is 0. The van der Waals surface area contributed by atoms with Crippen molar-refractivity contribution in [2.75, 3.05) is 18.2 Å². The molecule has 1 aromatic rings. The number of benzene rings is 1. The molecule has 0 saturated heterocycles. The first kappa shape index (κ1) is 14.5. The number of ether oxygens (including phenoxy) is 1. The lowest BCUT2D eigenvalue weighted by Gasteiger charge is -2.24. The van der Waals surface area contributed by atoms with E-state index < -0.39 is 19.3 Å². The summed E-state index contributed by atoms with van der Waals surface area (Å²) in [6.45, 7) is 3.24. The third kappa shape index (κ3) is 4.37. The third-order valence-corrected chi connectivity index (χ3v) is 2.10. The topological polar surface area (TPSA) is 12.5 Å². The highest BCUT2D eigenvalue weighted by Gasteiger charge is 2.41. The summed E-state index contributed by atoms with van der Waals surface area (Å²) in [6.07, 6.45) is -6.79. The largest absolute Gasteiger partial charge is 0.445 e. The van der Waals surface area contributed by atoms with Crippen LogP contribution in [-0.4, -0.2) is 25.8 Å². The highest BCUT2D eigenvalue weighted by Crippen LogP contribution is 2.24. The van der Waals surface area contributed by atoms with Crippen molar-refractivity contribution in [2.45, 2.75) is 12.5 Å². The standard InChI is InChI=1S/C12H13F4NO/c1-2-8-17(10-6-4-3-5-7-10)9-18-11(13)12(14,15)16/h2-7,11H,1,8-9H2. The van der Waals surface area contributed by atoms with Crippen LogP contribution >= 0.6 is 0 Å². The Bertz CT molecular complexity index is 366. The molecule has 6 heteroatoms. The van der Waals surface area contributed by atoms with Crippen LogP contribution in [0.3, 0.4) is 0 Å². The summed E-state index contributed by atoms with van der Waals surface area (Å²) in [5.74, 6) is 0. The Labute approximate surface area is 102 Å². The maximum atomic E-state index is 12.6. The molecule has 0 saturated carbocycles. The molecule has 0 spiro atoms. The van der Waals surface area contributed by atoms with Gasteiger partial charge in [0.2, 0.25) is 0 Å². The first-order valence-electron chi connectivity index (χ1n) is 5.18. The summed E-state index contributed by atoms with van der Waals surface area (Å²) in [5, 5.41) is 0. The molecule has 0 bridgehead atoms. The summed E-state index contributed by atoms with van der Waals surface area (Å²) in [7, 11) is 0. The van der Waals surface area contributed by atoms with Crippen molar-refractivity contribution < 1.29 is 22.3 Å². The van der Waals surface area contributed by atoms with Crippen molar-refractivity contribution in [1.82, 2.24) is 0 Å². The summed E-state index contributed by atoms with van der Waals surface area (Å²) < 4.78 is 52.6. The Hall–Kier alpha value is -1.56.